The topological polar surface area (TPSA) is 29.1 Å². The van der Waals surface area contributed by atoms with Gasteiger partial charge in [0.05, 0.1) is 0 Å². The van der Waals surface area contributed by atoms with Crippen LogP contribution in [0.25, 0.3) is 0 Å². The second-order valence-corrected chi connectivity index (χ2v) is 2.62. The molecule has 0 aromatic heterocycles. The van der Waals surface area contributed by atoms with Crippen molar-refractivity contribution in [2.45, 2.75) is 6.42 Å². The summed E-state index contributed by atoms with van der Waals surface area (Å²) in [7, 11) is 0. The molecule has 1 N–H and O–H groups in total. The maximum Gasteiger partial charge on any atom is 0.243 e. The van der Waals surface area contributed by atoms with E-state index in [4.69, 9.17) is 0 Å². The Morgan fingerprint density at radius 1 is 1.78 bits per heavy atom. The molecular formula is C6H10INO. The Kier molecular flexibility index (Phi) is 6.03. The number of carbonyl (C=O) groups is 1. The van der Waals surface area contributed by atoms with Crippen LogP contribution in [0.1, 0.15) is 6.42 Å². The van der Waals surface area contributed by atoms with Crippen LogP contribution in [0.4, 0.5) is 0 Å². The van der Waals surface area contributed by atoms with Crippen molar-refractivity contribution in [2.75, 3.05) is 11.0 Å². The van der Waals surface area contributed by atoms with E-state index >= 15 is 0 Å². The first-order valence-electron chi connectivity index (χ1n) is 2.77. The van der Waals surface area contributed by atoms with Gasteiger partial charge in [0.25, 0.3) is 0 Å². The predicted molar refractivity (Wildman–Crippen MR) is 46.7 cm³/mol. The molecule has 0 radical (unpaired) electrons. The van der Waals surface area contributed by atoms with Gasteiger partial charge in [-0.1, -0.05) is 29.2 Å². The summed E-state index contributed by atoms with van der Waals surface area (Å²) in [5, 5.41) is 2.67. The second-order valence-electron chi connectivity index (χ2n) is 1.54. The molecule has 0 spiro atoms. The van der Waals surface area contributed by atoms with Crippen molar-refractivity contribution in [1.29, 1.82) is 0 Å². The summed E-state index contributed by atoms with van der Waals surface area (Å²) in [4.78, 5) is 10.5. The molecule has 2 nitrogen and oxygen atoms in total. The lowest BCUT2D eigenvalue weighted by Gasteiger charge is -1.96. The third-order valence-corrected chi connectivity index (χ3v) is 1.56. The summed E-state index contributed by atoms with van der Waals surface area (Å²) in [6.07, 6.45) is 2.31. The Morgan fingerprint density at radius 3 is 2.89 bits per heavy atom. The zero-order chi connectivity index (χ0) is 7.11. The molecule has 1 amide bonds. The molecule has 0 aromatic rings. The van der Waals surface area contributed by atoms with E-state index in [-0.39, 0.29) is 5.91 Å². The lowest BCUT2D eigenvalue weighted by Crippen LogP contribution is -2.21. The normalized spacial score (nSPS) is 8.56. The summed E-state index contributed by atoms with van der Waals surface area (Å²) in [5.41, 5.74) is 0. The minimum atomic E-state index is -0.0835. The monoisotopic (exact) mass is 239 g/mol. The molecule has 0 bridgehead atoms. The van der Waals surface area contributed by atoms with Gasteiger partial charge in [-0.3, -0.25) is 4.79 Å². The van der Waals surface area contributed by atoms with Crippen molar-refractivity contribution in [3.8, 4) is 0 Å². The lowest BCUT2D eigenvalue weighted by molar-refractivity contribution is -0.116. The van der Waals surface area contributed by atoms with Gasteiger partial charge in [-0.25, -0.2) is 0 Å². The molecule has 0 rings (SSSR count). The standard InChI is InChI=1S/C6H10INO/c1-2-6(9)8-5-3-4-7/h2H,1,3-5H2,(H,8,9). The van der Waals surface area contributed by atoms with Gasteiger partial charge in [-0.05, 0) is 12.5 Å². The van der Waals surface area contributed by atoms with Crippen molar-refractivity contribution >= 4 is 28.5 Å². The second kappa shape index (κ2) is 6.07. The van der Waals surface area contributed by atoms with Crippen molar-refractivity contribution in [3.63, 3.8) is 0 Å². The largest absolute Gasteiger partial charge is 0.353 e. The highest BCUT2D eigenvalue weighted by Gasteiger charge is 1.89. The van der Waals surface area contributed by atoms with Crippen LogP contribution in [0.2, 0.25) is 0 Å². The van der Waals surface area contributed by atoms with Gasteiger partial charge in [-0.15, -0.1) is 0 Å². The van der Waals surface area contributed by atoms with Crippen LogP contribution in [0.3, 0.4) is 0 Å². The Labute approximate surface area is 68.8 Å². The number of rotatable bonds is 4. The number of nitrogens with one attached hydrogen (secondary N) is 1. The van der Waals surface area contributed by atoms with Crippen LogP contribution >= 0.6 is 22.6 Å². The van der Waals surface area contributed by atoms with Crippen LogP contribution in [0.15, 0.2) is 12.7 Å². The van der Waals surface area contributed by atoms with Gasteiger partial charge < -0.3 is 5.32 Å². The van der Waals surface area contributed by atoms with Gasteiger partial charge in [0, 0.05) is 11.0 Å². The van der Waals surface area contributed by atoms with E-state index in [0.717, 1.165) is 17.4 Å². The molecule has 3 heteroatoms. The van der Waals surface area contributed by atoms with Gasteiger partial charge >= 0.3 is 0 Å². The quantitative estimate of drug-likeness (QED) is 0.338. The summed E-state index contributed by atoms with van der Waals surface area (Å²) >= 11 is 2.27. The molecule has 0 aliphatic heterocycles. The number of hydrogen-bond acceptors (Lipinski definition) is 1. The molecule has 0 saturated heterocycles. The fourth-order valence-electron chi connectivity index (χ4n) is 0.351. The van der Waals surface area contributed by atoms with E-state index in [1.165, 1.54) is 6.08 Å². The third kappa shape index (κ3) is 5.82. The number of carbonyl (C=O) groups excluding carboxylic acids is 1. The highest BCUT2D eigenvalue weighted by molar-refractivity contribution is 14.1. The molecule has 0 unspecified atom stereocenters. The van der Waals surface area contributed by atoms with Gasteiger partial charge in [0.1, 0.15) is 0 Å². The third-order valence-electron chi connectivity index (χ3n) is 0.795. The SMILES string of the molecule is C=CC(=O)NCCCI. The predicted octanol–water partition coefficient (Wildman–Crippen LogP) is 1.11. The Balaban J connectivity index is 3.07. The first kappa shape index (κ1) is 8.94. The van der Waals surface area contributed by atoms with Crippen molar-refractivity contribution in [1.82, 2.24) is 5.32 Å². The smallest absolute Gasteiger partial charge is 0.243 e. The molecule has 0 heterocycles. The van der Waals surface area contributed by atoms with E-state index in [1.807, 2.05) is 0 Å². The lowest BCUT2D eigenvalue weighted by atomic mass is 10.4. The number of halogens is 1. The maximum absolute atomic E-state index is 10.5. The molecule has 52 valence electrons. The summed E-state index contributed by atoms with van der Waals surface area (Å²) < 4.78 is 1.08. The minimum Gasteiger partial charge on any atom is -0.353 e. The van der Waals surface area contributed by atoms with Crippen LogP contribution in [-0.4, -0.2) is 16.9 Å². The van der Waals surface area contributed by atoms with Crippen LogP contribution < -0.4 is 5.32 Å². The van der Waals surface area contributed by atoms with E-state index in [2.05, 4.69) is 34.5 Å². The molecule has 9 heavy (non-hydrogen) atoms. The summed E-state index contributed by atoms with van der Waals surface area (Å²) in [6, 6.07) is 0. The molecule has 0 aromatic carbocycles. The van der Waals surface area contributed by atoms with Crippen molar-refractivity contribution in [2.24, 2.45) is 0 Å². The van der Waals surface area contributed by atoms with Crippen LogP contribution in [0, 0.1) is 0 Å². The fourth-order valence-corrected chi connectivity index (χ4v) is 0.732. The highest BCUT2D eigenvalue weighted by atomic mass is 127. The molecular weight excluding hydrogens is 229 g/mol. The fraction of sp³-hybridized carbons (Fsp3) is 0.500. The Morgan fingerprint density at radius 2 is 2.44 bits per heavy atom. The van der Waals surface area contributed by atoms with E-state index in [1.54, 1.807) is 0 Å². The average molecular weight is 239 g/mol. The maximum atomic E-state index is 10.5. The zero-order valence-electron chi connectivity index (χ0n) is 5.19. The summed E-state index contributed by atoms with van der Waals surface area (Å²) in [5.74, 6) is -0.0835. The average Bonchev–Trinajstić information content (AvgIpc) is 1.89. The van der Waals surface area contributed by atoms with Crippen LogP contribution in [-0.2, 0) is 4.79 Å². The van der Waals surface area contributed by atoms with Gasteiger partial charge in [0.15, 0.2) is 0 Å². The molecule has 0 aliphatic carbocycles. The number of amides is 1. The highest BCUT2D eigenvalue weighted by Crippen LogP contribution is 1.84. The van der Waals surface area contributed by atoms with Gasteiger partial charge in [-0.2, -0.15) is 0 Å². The molecule has 0 saturated carbocycles. The number of hydrogen-bond donors (Lipinski definition) is 1. The van der Waals surface area contributed by atoms with Crippen molar-refractivity contribution < 1.29 is 4.79 Å². The zero-order valence-corrected chi connectivity index (χ0v) is 7.35. The summed E-state index contributed by atoms with van der Waals surface area (Å²) in [6.45, 7) is 4.08. The van der Waals surface area contributed by atoms with E-state index < -0.39 is 0 Å². The van der Waals surface area contributed by atoms with Gasteiger partial charge in [0.2, 0.25) is 5.91 Å². The van der Waals surface area contributed by atoms with Crippen LogP contribution in [0.5, 0.6) is 0 Å². The van der Waals surface area contributed by atoms with E-state index in [0.29, 0.717) is 0 Å². The Bertz CT molecular complexity index is 103. The van der Waals surface area contributed by atoms with Crippen molar-refractivity contribution in [3.05, 3.63) is 12.7 Å². The molecule has 0 fully saturated rings. The molecule has 0 aliphatic rings. The first-order valence-corrected chi connectivity index (χ1v) is 4.30. The molecule has 0 atom stereocenters. The minimum absolute atomic E-state index is 0.0835. The van der Waals surface area contributed by atoms with E-state index in [9.17, 15) is 4.79 Å². The number of alkyl halides is 1. The first-order chi connectivity index (χ1) is 4.31. The Hall–Kier alpha value is -0.0600.